The van der Waals surface area contributed by atoms with E-state index < -0.39 is 0 Å². The van der Waals surface area contributed by atoms with Crippen LogP contribution >= 0.6 is 0 Å². The third-order valence-corrected chi connectivity index (χ3v) is 2.68. The molecule has 4 heteroatoms. The molecule has 0 saturated carbocycles. The zero-order chi connectivity index (χ0) is 12.4. The first-order valence-corrected chi connectivity index (χ1v) is 5.62. The van der Waals surface area contributed by atoms with E-state index >= 15 is 0 Å². The Bertz CT molecular complexity index is 663. The minimum Gasteiger partial charge on any atom is -0.485 e. The average Bonchev–Trinajstić information content (AvgIpc) is 2.89. The molecule has 0 unspecified atom stereocenters. The summed E-state index contributed by atoms with van der Waals surface area (Å²) in [5.41, 5.74) is 7.25. The van der Waals surface area contributed by atoms with Crippen LogP contribution in [0.15, 0.2) is 53.3 Å². The maximum atomic E-state index is 5.73. The average molecular weight is 240 g/mol. The molecule has 3 aromatic rings. The molecule has 2 aromatic heterocycles. The van der Waals surface area contributed by atoms with Crippen molar-refractivity contribution in [3.63, 3.8) is 0 Å². The Kier molecular flexibility index (Phi) is 2.61. The Morgan fingerprint density at radius 2 is 2.17 bits per heavy atom. The Morgan fingerprint density at radius 1 is 1.22 bits per heavy atom. The summed E-state index contributed by atoms with van der Waals surface area (Å²) >= 11 is 0. The van der Waals surface area contributed by atoms with E-state index in [0.29, 0.717) is 12.3 Å². The number of hydrogen-bond donors (Lipinski definition) is 1. The highest BCUT2D eigenvalue weighted by atomic mass is 16.5. The second kappa shape index (κ2) is 4.41. The fourth-order valence-corrected chi connectivity index (χ4v) is 1.81. The van der Waals surface area contributed by atoms with Crippen molar-refractivity contribution in [2.24, 2.45) is 0 Å². The number of nitrogens with two attached hydrogens (primary N) is 1. The summed E-state index contributed by atoms with van der Waals surface area (Å²) in [7, 11) is 0. The molecular weight excluding hydrogens is 228 g/mol. The number of benzene rings is 1. The fraction of sp³-hybridized carbons (Fsp3) is 0.0714. The molecule has 0 fully saturated rings. The monoisotopic (exact) mass is 240 g/mol. The molecule has 90 valence electrons. The van der Waals surface area contributed by atoms with Gasteiger partial charge in [0.05, 0.1) is 11.8 Å². The van der Waals surface area contributed by atoms with Gasteiger partial charge in [-0.3, -0.25) is 4.98 Å². The molecule has 0 aliphatic carbocycles. The van der Waals surface area contributed by atoms with Crippen LogP contribution in [0.4, 0.5) is 5.69 Å². The smallest absolute Gasteiger partial charge is 0.146 e. The van der Waals surface area contributed by atoms with Crippen molar-refractivity contribution >= 4 is 16.6 Å². The lowest BCUT2D eigenvalue weighted by atomic mass is 10.2. The van der Waals surface area contributed by atoms with E-state index in [1.54, 1.807) is 12.5 Å². The molecule has 2 heterocycles. The van der Waals surface area contributed by atoms with Crippen LogP contribution in [-0.4, -0.2) is 4.98 Å². The number of nitrogens with zero attached hydrogens (tertiary/aromatic N) is 1. The van der Waals surface area contributed by atoms with Gasteiger partial charge in [-0.15, -0.1) is 0 Å². The SMILES string of the molecule is Nc1ccc2c(OCc3ccco3)ccnc2c1. The molecule has 18 heavy (non-hydrogen) atoms. The van der Waals surface area contributed by atoms with Crippen LogP contribution in [0.5, 0.6) is 5.75 Å². The molecule has 0 radical (unpaired) electrons. The van der Waals surface area contributed by atoms with Gasteiger partial charge >= 0.3 is 0 Å². The Labute approximate surface area is 104 Å². The van der Waals surface area contributed by atoms with Crippen molar-refractivity contribution < 1.29 is 9.15 Å². The Hall–Kier alpha value is -2.49. The van der Waals surface area contributed by atoms with Gasteiger partial charge in [0.2, 0.25) is 0 Å². The number of aromatic nitrogens is 1. The topological polar surface area (TPSA) is 61.3 Å². The first-order valence-electron chi connectivity index (χ1n) is 5.62. The van der Waals surface area contributed by atoms with E-state index in [1.165, 1.54) is 0 Å². The number of furan rings is 1. The van der Waals surface area contributed by atoms with Gasteiger partial charge in [-0.05, 0) is 36.4 Å². The minimum atomic E-state index is 0.399. The summed E-state index contributed by atoms with van der Waals surface area (Å²) in [5.74, 6) is 1.56. The third kappa shape index (κ3) is 2.00. The standard InChI is InChI=1S/C14H12N2O2/c15-10-3-4-12-13(8-10)16-6-5-14(12)18-9-11-2-1-7-17-11/h1-8H,9,15H2. The largest absolute Gasteiger partial charge is 0.485 e. The third-order valence-electron chi connectivity index (χ3n) is 2.68. The molecule has 0 aliphatic rings. The lowest BCUT2D eigenvalue weighted by Crippen LogP contribution is -1.95. The van der Waals surface area contributed by atoms with Gasteiger partial charge in [0, 0.05) is 17.3 Å². The summed E-state index contributed by atoms with van der Waals surface area (Å²) in [4.78, 5) is 4.26. The second-order valence-corrected chi connectivity index (χ2v) is 3.95. The summed E-state index contributed by atoms with van der Waals surface area (Å²) in [6.07, 6.45) is 3.34. The zero-order valence-electron chi connectivity index (χ0n) is 9.67. The van der Waals surface area contributed by atoms with Gasteiger partial charge < -0.3 is 14.9 Å². The van der Waals surface area contributed by atoms with Crippen molar-refractivity contribution in [1.82, 2.24) is 4.98 Å². The summed E-state index contributed by atoms with van der Waals surface area (Å²) in [6.45, 7) is 0.399. The van der Waals surface area contributed by atoms with Crippen LogP contribution in [0.2, 0.25) is 0 Å². The van der Waals surface area contributed by atoms with Gasteiger partial charge in [-0.1, -0.05) is 0 Å². The normalized spacial score (nSPS) is 10.7. The molecule has 0 amide bonds. The number of anilines is 1. The van der Waals surface area contributed by atoms with Gasteiger partial charge in [-0.25, -0.2) is 0 Å². The fourth-order valence-electron chi connectivity index (χ4n) is 1.81. The lowest BCUT2D eigenvalue weighted by Gasteiger charge is -2.07. The molecule has 0 aliphatic heterocycles. The number of pyridine rings is 1. The second-order valence-electron chi connectivity index (χ2n) is 3.95. The van der Waals surface area contributed by atoms with Crippen molar-refractivity contribution in [2.45, 2.75) is 6.61 Å². The molecule has 0 saturated heterocycles. The molecule has 0 spiro atoms. The first-order chi connectivity index (χ1) is 8.83. The van der Waals surface area contributed by atoms with Gasteiger partial charge in [-0.2, -0.15) is 0 Å². The Balaban J connectivity index is 1.92. The van der Waals surface area contributed by atoms with Crippen molar-refractivity contribution in [1.29, 1.82) is 0 Å². The number of rotatable bonds is 3. The van der Waals surface area contributed by atoms with Crippen LogP contribution < -0.4 is 10.5 Å². The van der Waals surface area contributed by atoms with Crippen LogP contribution in [0.1, 0.15) is 5.76 Å². The van der Waals surface area contributed by atoms with E-state index in [0.717, 1.165) is 22.4 Å². The Morgan fingerprint density at radius 3 is 3.00 bits per heavy atom. The predicted molar refractivity (Wildman–Crippen MR) is 69.2 cm³/mol. The lowest BCUT2D eigenvalue weighted by molar-refractivity contribution is 0.273. The van der Waals surface area contributed by atoms with Crippen LogP contribution in [0.3, 0.4) is 0 Å². The van der Waals surface area contributed by atoms with E-state index in [-0.39, 0.29) is 0 Å². The number of fused-ring (bicyclic) bond motifs is 1. The maximum Gasteiger partial charge on any atom is 0.146 e. The highest BCUT2D eigenvalue weighted by molar-refractivity contribution is 5.87. The van der Waals surface area contributed by atoms with E-state index in [2.05, 4.69) is 4.98 Å². The number of nitrogen functional groups attached to an aromatic ring is 1. The molecule has 2 N–H and O–H groups in total. The van der Waals surface area contributed by atoms with E-state index in [4.69, 9.17) is 14.9 Å². The van der Waals surface area contributed by atoms with Gasteiger partial charge in [0.15, 0.2) is 0 Å². The highest BCUT2D eigenvalue weighted by Crippen LogP contribution is 2.26. The highest BCUT2D eigenvalue weighted by Gasteiger charge is 2.04. The van der Waals surface area contributed by atoms with Crippen LogP contribution in [0.25, 0.3) is 10.9 Å². The maximum absolute atomic E-state index is 5.73. The van der Waals surface area contributed by atoms with Gasteiger partial charge in [0.1, 0.15) is 18.1 Å². The van der Waals surface area contributed by atoms with Crippen LogP contribution in [0, 0.1) is 0 Å². The van der Waals surface area contributed by atoms with Crippen molar-refractivity contribution in [3.05, 3.63) is 54.6 Å². The molecule has 4 nitrogen and oxygen atoms in total. The van der Waals surface area contributed by atoms with Crippen LogP contribution in [-0.2, 0) is 6.61 Å². The summed E-state index contributed by atoms with van der Waals surface area (Å²) < 4.78 is 11.0. The quantitative estimate of drug-likeness (QED) is 0.715. The molecule has 3 rings (SSSR count). The minimum absolute atomic E-state index is 0.399. The molecule has 0 atom stereocenters. The van der Waals surface area contributed by atoms with E-state index in [9.17, 15) is 0 Å². The van der Waals surface area contributed by atoms with Crippen molar-refractivity contribution in [2.75, 3.05) is 5.73 Å². The number of ether oxygens (including phenoxy) is 1. The number of hydrogen-bond acceptors (Lipinski definition) is 4. The van der Waals surface area contributed by atoms with E-state index in [1.807, 2.05) is 36.4 Å². The van der Waals surface area contributed by atoms with Gasteiger partial charge in [0.25, 0.3) is 0 Å². The summed E-state index contributed by atoms with van der Waals surface area (Å²) in [6, 6.07) is 11.1. The van der Waals surface area contributed by atoms with Crippen molar-refractivity contribution in [3.8, 4) is 5.75 Å². The molecule has 1 aromatic carbocycles. The molecular formula is C14H12N2O2. The summed E-state index contributed by atoms with van der Waals surface area (Å²) in [5, 5.41) is 0.943. The predicted octanol–water partition coefficient (Wildman–Crippen LogP) is 2.99. The zero-order valence-corrected chi connectivity index (χ0v) is 9.67. The molecule has 0 bridgehead atoms. The first kappa shape index (κ1) is 10.7.